The van der Waals surface area contributed by atoms with Crippen LogP contribution in [-0.2, 0) is 6.54 Å². The van der Waals surface area contributed by atoms with Crippen molar-refractivity contribution >= 4 is 5.69 Å². The predicted molar refractivity (Wildman–Crippen MR) is 91.2 cm³/mol. The SMILES string of the molecule is CCC1CN(C(C)c2ccccc2)c2ccc(CN)cc2O1. The van der Waals surface area contributed by atoms with Gasteiger partial charge in [0.15, 0.2) is 0 Å². The van der Waals surface area contributed by atoms with E-state index in [1.807, 2.05) is 0 Å². The summed E-state index contributed by atoms with van der Waals surface area (Å²) in [6.45, 7) is 5.89. The maximum atomic E-state index is 6.14. The predicted octanol–water partition coefficient (Wildman–Crippen LogP) is 3.88. The zero-order chi connectivity index (χ0) is 15.5. The first kappa shape index (κ1) is 14.9. The van der Waals surface area contributed by atoms with Gasteiger partial charge in [0.1, 0.15) is 11.9 Å². The van der Waals surface area contributed by atoms with Crippen molar-refractivity contribution in [2.45, 2.75) is 39.0 Å². The molecule has 2 atom stereocenters. The van der Waals surface area contributed by atoms with Gasteiger partial charge in [-0.2, -0.15) is 0 Å². The Morgan fingerprint density at radius 2 is 2.00 bits per heavy atom. The van der Waals surface area contributed by atoms with Crippen molar-refractivity contribution in [3.05, 3.63) is 59.7 Å². The van der Waals surface area contributed by atoms with Gasteiger partial charge in [0.05, 0.1) is 18.3 Å². The first-order chi connectivity index (χ1) is 10.7. The van der Waals surface area contributed by atoms with E-state index in [9.17, 15) is 0 Å². The fraction of sp³-hybridized carbons (Fsp3) is 0.368. The molecule has 0 amide bonds. The third-order valence-corrected chi connectivity index (χ3v) is 4.47. The standard InChI is InChI=1S/C19H24N2O/c1-3-17-13-21(14(2)16-7-5-4-6-8-16)18-10-9-15(12-20)11-19(18)22-17/h4-11,14,17H,3,12-13,20H2,1-2H3. The highest BCUT2D eigenvalue weighted by molar-refractivity contribution is 5.62. The van der Waals surface area contributed by atoms with Gasteiger partial charge in [0.25, 0.3) is 0 Å². The number of rotatable bonds is 4. The molecule has 22 heavy (non-hydrogen) atoms. The molecule has 2 aromatic carbocycles. The lowest BCUT2D eigenvalue weighted by molar-refractivity contribution is 0.185. The van der Waals surface area contributed by atoms with Crippen LogP contribution in [-0.4, -0.2) is 12.6 Å². The van der Waals surface area contributed by atoms with Crippen molar-refractivity contribution in [1.82, 2.24) is 0 Å². The first-order valence-electron chi connectivity index (χ1n) is 8.04. The Morgan fingerprint density at radius 3 is 2.68 bits per heavy atom. The lowest BCUT2D eigenvalue weighted by Gasteiger charge is -2.40. The lowest BCUT2D eigenvalue weighted by Crippen LogP contribution is -2.41. The molecule has 1 heterocycles. The molecule has 116 valence electrons. The summed E-state index contributed by atoms with van der Waals surface area (Å²) in [7, 11) is 0. The van der Waals surface area contributed by atoms with Gasteiger partial charge < -0.3 is 15.4 Å². The van der Waals surface area contributed by atoms with Crippen LogP contribution in [0.2, 0.25) is 0 Å². The normalized spacial score (nSPS) is 18.5. The Morgan fingerprint density at radius 1 is 1.23 bits per heavy atom. The minimum absolute atomic E-state index is 0.228. The molecule has 2 unspecified atom stereocenters. The number of hydrogen-bond donors (Lipinski definition) is 1. The lowest BCUT2D eigenvalue weighted by atomic mass is 10.0. The molecule has 3 heteroatoms. The molecule has 2 aromatic rings. The monoisotopic (exact) mass is 296 g/mol. The summed E-state index contributed by atoms with van der Waals surface area (Å²) >= 11 is 0. The molecular weight excluding hydrogens is 272 g/mol. The van der Waals surface area contributed by atoms with Crippen LogP contribution in [0.25, 0.3) is 0 Å². The quantitative estimate of drug-likeness (QED) is 0.930. The van der Waals surface area contributed by atoms with Crippen molar-refractivity contribution in [2.24, 2.45) is 5.73 Å². The van der Waals surface area contributed by atoms with Crippen LogP contribution < -0.4 is 15.4 Å². The Hall–Kier alpha value is -2.00. The van der Waals surface area contributed by atoms with Gasteiger partial charge >= 0.3 is 0 Å². The summed E-state index contributed by atoms with van der Waals surface area (Å²) in [5, 5.41) is 0. The van der Waals surface area contributed by atoms with Gasteiger partial charge in [0, 0.05) is 6.54 Å². The molecule has 0 aliphatic carbocycles. The van der Waals surface area contributed by atoms with E-state index in [4.69, 9.17) is 10.5 Å². The summed E-state index contributed by atoms with van der Waals surface area (Å²) in [5.74, 6) is 0.962. The fourth-order valence-corrected chi connectivity index (χ4v) is 3.04. The number of ether oxygens (including phenoxy) is 1. The largest absolute Gasteiger partial charge is 0.486 e. The molecular formula is C19H24N2O. The average molecular weight is 296 g/mol. The highest BCUT2D eigenvalue weighted by atomic mass is 16.5. The molecule has 1 aliphatic heterocycles. The summed E-state index contributed by atoms with van der Waals surface area (Å²) in [5.41, 5.74) is 9.37. The molecule has 0 radical (unpaired) electrons. The average Bonchev–Trinajstić information content (AvgIpc) is 2.60. The van der Waals surface area contributed by atoms with E-state index in [-0.39, 0.29) is 6.10 Å². The molecule has 0 bridgehead atoms. The first-order valence-corrected chi connectivity index (χ1v) is 8.04. The fourth-order valence-electron chi connectivity index (χ4n) is 3.04. The maximum Gasteiger partial charge on any atom is 0.143 e. The summed E-state index contributed by atoms with van der Waals surface area (Å²) < 4.78 is 6.14. The van der Waals surface area contributed by atoms with Gasteiger partial charge in [-0.05, 0) is 36.6 Å². The van der Waals surface area contributed by atoms with Crippen molar-refractivity contribution < 1.29 is 4.74 Å². The highest BCUT2D eigenvalue weighted by Crippen LogP contribution is 2.39. The number of hydrogen-bond acceptors (Lipinski definition) is 3. The second-order valence-electron chi connectivity index (χ2n) is 5.89. The number of anilines is 1. The second-order valence-corrected chi connectivity index (χ2v) is 5.89. The summed E-state index contributed by atoms with van der Waals surface area (Å²) in [6.07, 6.45) is 1.23. The molecule has 0 saturated heterocycles. The van der Waals surface area contributed by atoms with E-state index in [1.54, 1.807) is 0 Å². The smallest absolute Gasteiger partial charge is 0.143 e. The van der Waals surface area contributed by atoms with E-state index in [0.717, 1.165) is 24.3 Å². The van der Waals surface area contributed by atoms with E-state index in [1.165, 1.54) is 11.3 Å². The van der Waals surface area contributed by atoms with E-state index >= 15 is 0 Å². The number of fused-ring (bicyclic) bond motifs is 1. The van der Waals surface area contributed by atoms with Crippen molar-refractivity contribution in [1.29, 1.82) is 0 Å². The minimum Gasteiger partial charge on any atom is -0.486 e. The molecule has 0 spiro atoms. The topological polar surface area (TPSA) is 38.5 Å². The van der Waals surface area contributed by atoms with Crippen LogP contribution >= 0.6 is 0 Å². The molecule has 3 nitrogen and oxygen atoms in total. The van der Waals surface area contributed by atoms with Crippen molar-refractivity contribution in [3.63, 3.8) is 0 Å². The molecule has 0 aromatic heterocycles. The number of nitrogens with two attached hydrogens (primary N) is 1. The van der Waals surface area contributed by atoms with Gasteiger partial charge in [0.2, 0.25) is 0 Å². The third kappa shape index (κ3) is 2.81. The third-order valence-electron chi connectivity index (χ3n) is 4.47. The van der Waals surface area contributed by atoms with Crippen LogP contribution in [0.5, 0.6) is 5.75 Å². The summed E-state index contributed by atoms with van der Waals surface area (Å²) in [4.78, 5) is 2.45. The van der Waals surface area contributed by atoms with Crippen LogP contribution in [0.1, 0.15) is 37.4 Å². The Labute approximate surface area is 132 Å². The Bertz CT molecular complexity index is 627. The summed E-state index contributed by atoms with van der Waals surface area (Å²) in [6, 6.07) is 17.3. The minimum atomic E-state index is 0.228. The second kappa shape index (κ2) is 6.41. The van der Waals surface area contributed by atoms with Crippen LogP contribution in [0.15, 0.2) is 48.5 Å². The number of benzene rings is 2. The highest BCUT2D eigenvalue weighted by Gasteiger charge is 2.28. The van der Waals surface area contributed by atoms with Gasteiger partial charge in [-0.15, -0.1) is 0 Å². The van der Waals surface area contributed by atoms with Crippen molar-refractivity contribution in [2.75, 3.05) is 11.4 Å². The van der Waals surface area contributed by atoms with Crippen LogP contribution in [0, 0.1) is 0 Å². The van der Waals surface area contributed by atoms with E-state index < -0.39 is 0 Å². The Balaban J connectivity index is 1.97. The molecule has 1 aliphatic rings. The van der Waals surface area contributed by atoms with Crippen LogP contribution in [0.3, 0.4) is 0 Å². The molecule has 0 saturated carbocycles. The van der Waals surface area contributed by atoms with Crippen LogP contribution in [0.4, 0.5) is 5.69 Å². The molecule has 3 rings (SSSR count). The van der Waals surface area contributed by atoms with E-state index in [0.29, 0.717) is 12.6 Å². The Kier molecular flexibility index (Phi) is 4.34. The zero-order valence-corrected chi connectivity index (χ0v) is 13.3. The molecule has 2 N–H and O–H groups in total. The zero-order valence-electron chi connectivity index (χ0n) is 13.3. The van der Waals surface area contributed by atoms with Gasteiger partial charge in [-0.3, -0.25) is 0 Å². The molecule has 0 fully saturated rings. The number of nitrogens with zero attached hydrogens (tertiary/aromatic N) is 1. The van der Waals surface area contributed by atoms with E-state index in [2.05, 4.69) is 67.3 Å². The maximum absolute atomic E-state index is 6.14. The van der Waals surface area contributed by atoms with Gasteiger partial charge in [-0.25, -0.2) is 0 Å². The van der Waals surface area contributed by atoms with Gasteiger partial charge in [-0.1, -0.05) is 43.3 Å². The van der Waals surface area contributed by atoms with Crippen molar-refractivity contribution in [3.8, 4) is 5.75 Å².